The van der Waals surface area contributed by atoms with Gasteiger partial charge in [0, 0.05) is 51.1 Å². The van der Waals surface area contributed by atoms with E-state index in [2.05, 4.69) is 31.9 Å². The maximum absolute atomic E-state index is 5.33. The molecule has 0 rings (SSSR count). The number of hydrogen-bond donors (Lipinski definition) is 4. The van der Waals surface area contributed by atoms with Crippen LogP contribution in [0.5, 0.6) is 0 Å². The van der Waals surface area contributed by atoms with Crippen LogP contribution in [0.4, 0.5) is 0 Å². The number of hydrogen-bond acceptors (Lipinski definition) is 4. The van der Waals surface area contributed by atoms with Crippen molar-refractivity contribution in [2.45, 2.75) is 0 Å². The Morgan fingerprint density at radius 1 is 0.769 bits per heavy atom. The average molecular weight is 253 g/mol. The fourth-order valence-electron chi connectivity index (χ4n) is 0.897. The topological polar surface area (TPSA) is 62.1 Å². The first-order valence-electron chi connectivity index (χ1n) is 4.80. The Balaban J connectivity index is 2.76. The molecule has 5 N–H and O–H groups in total. The predicted octanol–water partition coefficient (Wildman–Crippen LogP) is -0.891. The normalized spacial score (nSPS) is 10.6. The van der Waals surface area contributed by atoms with Gasteiger partial charge in [0.15, 0.2) is 0 Å². The summed E-state index contributed by atoms with van der Waals surface area (Å²) in [4.78, 5) is 0. The van der Waals surface area contributed by atoms with Gasteiger partial charge in [-0.05, 0) is 0 Å². The van der Waals surface area contributed by atoms with Crippen LogP contribution in [0, 0.1) is 0 Å². The van der Waals surface area contributed by atoms with E-state index in [1.54, 1.807) is 0 Å². The van der Waals surface area contributed by atoms with Gasteiger partial charge in [0.25, 0.3) is 0 Å². The number of nitrogens with two attached hydrogens (primary N) is 1. The highest BCUT2D eigenvalue weighted by atomic mass is 79.9. The van der Waals surface area contributed by atoms with E-state index >= 15 is 0 Å². The molecule has 0 radical (unpaired) electrons. The van der Waals surface area contributed by atoms with Crippen molar-refractivity contribution < 1.29 is 0 Å². The highest BCUT2D eigenvalue weighted by Gasteiger charge is 1.87. The van der Waals surface area contributed by atoms with Crippen molar-refractivity contribution in [1.82, 2.24) is 16.0 Å². The molecule has 0 amide bonds. The molecule has 0 aromatic carbocycles. The highest BCUT2D eigenvalue weighted by molar-refractivity contribution is 9.09. The molecule has 0 bridgehead atoms. The minimum absolute atomic E-state index is 0.715. The van der Waals surface area contributed by atoms with Crippen LogP contribution in [0.15, 0.2) is 0 Å². The SMILES string of the molecule is NCCNCCNCCNCCBr. The van der Waals surface area contributed by atoms with Gasteiger partial charge in [0.05, 0.1) is 0 Å². The second kappa shape index (κ2) is 12.3. The van der Waals surface area contributed by atoms with E-state index in [0.29, 0.717) is 6.54 Å². The minimum atomic E-state index is 0.715. The largest absolute Gasteiger partial charge is 0.329 e. The molecule has 0 aromatic rings. The van der Waals surface area contributed by atoms with Gasteiger partial charge < -0.3 is 21.7 Å². The summed E-state index contributed by atoms with van der Waals surface area (Å²) >= 11 is 3.36. The Labute approximate surface area is 89.2 Å². The number of nitrogens with one attached hydrogen (secondary N) is 3. The summed E-state index contributed by atoms with van der Waals surface area (Å²) in [7, 11) is 0. The Kier molecular flexibility index (Phi) is 12.6. The fraction of sp³-hybridized carbons (Fsp3) is 1.00. The summed E-state index contributed by atoms with van der Waals surface area (Å²) in [5.41, 5.74) is 5.33. The lowest BCUT2D eigenvalue weighted by Crippen LogP contribution is -2.34. The van der Waals surface area contributed by atoms with E-state index < -0.39 is 0 Å². The fourth-order valence-corrected chi connectivity index (χ4v) is 1.18. The van der Waals surface area contributed by atoms with Crippen LogP contribution in [0.25, 0.3) is 0 Å². The lowest BCUT2D eigenvalue weighted by Gasteiger charge is -2.06. The maximum Gasteiger partial charge on any atom is 0.0157 e. The molecular weight excluding hydrogens is 232 g/mol. The standard InChI is InChI=1S/C8H21BrN4/c9-1-3-11-5-7-13-8-6-12-4-2-10/h11-13H,1-8,10H2. The molecular formula is C8H21BrN4. The zero-order valence-electron chi connectivity index (χ0n) is 8.11. The maximum atomic E-state index is 5.33. The van der Waals surface area contributed by atoms with E-state index in [4.69, 9.17) is 5.73 Å². The zero-order chi connectivity index (χ0) is 9.78. The van der Waals surface area contributed by atoms with Gasteiger partial charge in [0.1, 0.15) is 0 Å². The number of halogens is 1. The van der Waals surface area contributed by atoms with Crippen LogP contribution in [0.2, 0.25) is 0 Å². The molecule has 0 aliphatic heterocycles. The van der Waals surface area contributed by atoms with Crippen LogP contribution in [0.1, 0.15) is 0 Å². The van der Waals surface area contributed by atoms with Crippen molar-refractivity contribution >= 4 is 15.9 Å². The molecule has 0 aliphatic carbocycles. The van der Waals surface area contributed by atoms with Crippen molar-refractivity contribution in [1.29, 1.82) is 0 Å². The molecule has 4 nitrogen and oxygen atoms in total. The predicted molar refractivity (Wildman–Crippen MR) is 61.5 cm³/mol. The van der Waals surface area contributed by atoms with Gasteiger partial charge >= 0.3 is 0 Å². The second-order valence-electron chi connectivity index (χ2n) is 2.73. The van der Waals surface area contributed by atoms with E-state index in [1.165, 1.54) is 0 Å². The first-order chi connectivity index (χ1) is 6.41. The molecule has 5 heteroatoms. The Morgan fingerprint density at radius 3 is 1.69 bits per heavy atom. The van der Waals surface area contributed by atoms with E-state index in [1.807, 2.05) is 0 Å². The van der Waals surface area contributed by atoms with Gasteiger partial charge in [-0.2, -0.15) is 0 Å². The first-order valence-corrected chi connectivity index (χ1v) is 5.92. The molecule has 0 atom stereocenters. The van der Waals surface area contributed by atoms with Crippen molar-refractivity contribution in [3.8, 4) is 0 Å². The van der Waals surface area contributed by atoms with Crippen molar-refractivity contribution in [2.75, 3.05) is 51.1 Å². The number of rotatable bonds is 10. The van der Waals surface area contributed by atoms with Crippen LogP contribution < -0.4 is 21.7 Å². The van der Waals surface area contributed by atoms with Gasteiger partial charge in [0.2, 0.25) is 0 Å². The molecule has 80 valence electrons. The molecule has 0 aromatic heterocycles. The van der Waals surface area contributed by atoms with Gasteiger partial charge in [-0.15, -0.1) is 0 Å². The summed E-state index contributed by atoms with van der Waals surface area (Å²) in [6.45, 7) is 6.72. The minimum Gasteiger partial charge on any atom is -0.329 e. The van der Waals surface area contributed by atoms with Crippen LogP contribution >= 0.6 is 15.9 Å². The summed E-state index contributed by atoms with van der Waals surface area (Å²) in [6.07, 6.45) is 0. The Morgan fingerprint density at radius 2 is 1.23 bits per heavy atom. The quantitative estimate of drug-likeness (QED) is 0.301. The van der Waals surface area contributed by atoms with E-state index in [9.17, 15) is 0 Å². The molecule has 0 aliphatic rings. The Bertz CT molecular complexity index is 82.2. The average Bonchev–Trinajstić information content (AvgIpc) is 2.16. The van der Waals surface area contributed by atoms with Gasteiger partial charge in [-0.3, -0.25) is 0 Å². The van der Waals surface area contributed by atoms with Crippen LogP contribution in [-0.2, 0) is 0 Å². The summed E-state index contributed by atoms with van der Waals surface area (Å²) in [5, 5.41) is 10.9. The second-order valence-corrected chi connectivity index (χ2v) is 3.52. The monoisotopic (exact) mass is 252 g/mol. The third-order valence-electron chi connectivity index (χ3n) is 1.55. The van der Waals surface area contributed by atoms with E-state index in [0.717, 1.165) is 44.6 Å². The molecule has 13 heavy (non-hydrogen) atoms. The summed E-state index contributed by atoms with van der Waals surface area (Å²) < 4.78 is 0. The number of alkyl halides is 1. The van der Waals surface area contributed by atoms with Crippen LogP contribution in [0.3, 0.4) is 0 Å². The summed E-state index contributed by atoms with van der Waals surface area (Å²) in [6, 6.07) is 0. The smallest absolute Gasteiger partial charge is 0.0157 e. The van der Waals surface area contributed by atoms with Crippen LogP contribution in [-0.4, -0.2) is 51.1 Å². The lowest BCUT2D eigenvalue weighted by atomic mass is 10.5. The zero-order valence-corrected chi connectivity index (χ0v) is 9.70. The molecule has 0 saturated heterocycles. The van der Waals surface area contributed by atoms with Crippen molar-refractivity contribution in [3.63, 3.8) is 0 Å². The third kappa shape index (κ3) is 12.3. The molecule has 0 spiro atoms. The van der Waals surface area contributed by atoms with E-state index in [-0.39, 0.29) is 0 Å². The molecule has 0 fully saturated rings. The first kappa shape index (κ1) is 13.3. The van der Waals surface area contributed by atoms with Gasteiger partial charge in [-0.25, -0.2) is 0 Å². The molecule has 0 unspecified atom stereocenters. The summed E-state index contributed by atoms with van der Waals surface area (Å²) in [5.74, 6) is 0. The Hall–Kier alpha value is 0.320. The van der Waals surface area contributed by atoms with Crippen molar-refractivity contribution in [3.05, 3.63) is 0 Å². The highest BCUT2D eigenvalue weighted by Crippen LogP contribution is 1.72. The molecule has 0 saturated carbocycles. The van der Waals surface area contributed by atoms with Gasteiger partial charge in [-0.1, -0.05) is 15.9 Å². The molecule has 0 heterocycles. The van der Waals surface area contributed by atoms with Crippen molar-refractivity contribution in [2.24, 2.45) is 5.73 Å². The third-order valence-corrected chi connectivity index (χ3v) is 1.95. The lowest BCUT2D eigenvalue weighted by molar-refractivity contribution is 0.592.